The largest absolute Gasteiger partial charge is 0.490 e. The minimum atomic E-state index is -0.239. The van der Waals surface area contributed by atoms with Crippen molar-refractivity contribution in [2.24, 2.45) is 0 Å². The average Bonchev–Trinajstić information content (AvgIpc) is 2.75. The highest BCUT2D eigenvalue weighted by Crippen LogP contribution is 2.37. The molecule has 1 aliphatic rings. The lowest BCUT2D eigenvalue weighted by molar-refractivity contribution is 0.254. The van der Waals surface area contributed by atoms with E-state index in [1.54, 1.807) is 6.07 Å². The summed E-state index contributed by atoms with van der Waals surface area (Å²) in [6.07, 6.45) is 1.16. The highest BCUT2D eigenvalue weighted by molar-refractivity contribution is 9.10. The fourth-order valence-electron chi connectivity index (χ4n) is 2.51. The van der Waals surface area contributed by atoms with Gasteiger partial charge < -0.3 is 4.74 Å². The molecule has 0 bridgehead atoms. The van der Waals surface area contributed by atoms with Crippen LogP contribution in [0.3, 0.4) is 0 Å². The molecule has 4 heteroatoms. The van der Waals surface area contributed by atoms with Crippen molar-refractivity contribution in [3.05, 3.63) is 63.4 Å². The highest BCUT2D eigenvalue weighted by Gasteiger charge is 2.21. The number of rotatable bonds is 2. The van der Waals surface area contributed by atoms with Gasteiger partial charge in [0.1, 0.15) is 17.7 Å². The van der Waals surface area contributed by atoms with Gasteiger partial charge in [0, 0.05) is 10.9 Å². The molecule has 2 aromatic carbocycles. The minimum absolute atomic E-state index is 0.0318. The van der Waals surface area contributed by atoms with Crippen LogP contribution in [-0.2, 0) is 6.42 Å². The molecule has 0 saturated heterocycles. The average molecular weight is 400 g/mol. The SMILES string of the molecule is CC1Cc2cc(C(Br)c3cc(F)cc(Br)c3)ccc2O1. The van der Waals surface area contributed by atoms with Crippen molar-refractivity contribution < 1.29 is 9.13 Å². The lowest BCUT2D eigenvalue weighted by Crippen LogP contribution is -2.05. The van der Waals surface area contributed by atoms with E-state index in [9.17, 15) is 4.39 Å². The second kappa shape index (κ2) is 5.49. The van der Waals surface area contributed by atoms with Crippen LogP contribution in [0.4, 0.5) is 4.39 Å². The van der Waals surface area contributed by atoms with Gasteiger partial charge in [-0.25, -0.2) is 4.39 Å². The monoisotopic (exact) mass is 398 g/mol. The molecular formula is C16H13Br2FO. The summed E-state index contributed by atoms with van der Waals surface area (Å²) in [6, 6.07) is 11.1. The standard InChI is InChI=1S/C16H13Br2FO/c1-9-4-11-5-10(2-3-15(11)20-9)16(18)12-6-13(17)8-14(19)7-12/h2-3,5-9,16H,4H2,1H3. The van der Waals surface area contributed by atoms with Crippen LogP contribution in [0.1, 0.15) is 28.4 Å². The molecule has 0 fully saturated rings. The van der Waals surface area contributed by atoms with Gasteiger partial charge in [-0.2, -0.15) is 0 Å². The molecule has 0 N–H and O–H groups in total. The first kappa shape index (κ1) is 14.1. The van der Waals surface area contributed by atoms with Gasteiger partial charge in [-0.3, -0.25) is 0 Å². The maximum absolute atomic E-state index is 13.5. The number of hydrogen-bond donors (Lipinski definition) is 0. The Morgan fingerprint density at radius 3 is 2.75 bits per heavy atom. The molecule has 2 aromatic rings. The summed E-state index contributed by atoms with van der Waals surface area (Å²) in [5.74, 6) is 0.721. The van der Waals surface area contributed by atoms with Gasteiger partial charge in [-0.1, -0.05) is 44.0 Å². The zero-order valence-corrected chi connectivity index (χ0v) is 14.0. The number of hydrogen-bond acceptors (Lipinski definition) is 1. The molecule has 0 saturated carbocycles. The molecule has 3 rings (SSSR count). The number of benzene rings is 2. The Morgan fingerprint density at radius 1 is 1.20 bits per heavy atom. The van der Waals surface area contributed by atoms with Crippen LogP contribution in [-0.4, -0.2) is 6.10 Å². The molecular weight excluding hydrogens is 387 g/mol. The van der Waals surface area contributed by atoms with Crippen molar-refractivity contribution >= 4 is 31.9 Å². The Labute approximate surface area is 134 Å². The normalized spacial score (nSPS) is 18.5. The molecule has 104 valence electrons. The molecule has 0 aliphatic carbocycles. The summed E-state index contributed by atoms with van der Waals surface area (Å²) in [4.78, 5) is -0.0318. The Morgan fingerprint density at radius 2 is 2.00 bits per heavy atom. The topological polar surface area (TPSA) is 9.23 Å². The third-order valence-corrected chi connectivity index (χ3v) is 4.91. The van der Waals surface area contributed by atoms with Gasteiger partial charge in [0.25, 0.3) is 0 Å². The Kier molecular flexibility index (Phi) is 3.87. The molecule has 0 amide bonds. The number of fused-ring (bicyclic) bond motifs is 1. The lowest BCUT2D eigenvalue weighted by atomic mass is 10.0. The quantitative estimate of drug-likeness (QED) is 0.614. The van der Waals surface area contributed by atoms with Crippen LogP contribution in [0.15, 0.2) is 40.9 Å². The predicted octanol–water partition coefficient (Wildman–Crippen LogP) is 5.40. The molecule has 0 spiro atoms. The van der Waals surface area contributed by atoms with Gasteiger partial charge in [-0.05, 0) is 47.9 Å². The van der Waals surface area contributed by atoms with Crippen LogP contribution in [0, 0.1) is 5.82 Å². The summed E-state index contributed by atoms with van der Waals surface area (Å²) >= 11 is 6.99. The third-order valence-electron chi connectivity index (χ3n) is 3.39. The van der Waals surface area contributed by atoms with E-state index >= 15 is 0 Å². The number of ether oxygens (including phenoxy) is 1. The van der Waals surface area contributed by atoms with Crippen LogP contribution < -0.4 is 4.74 Å². The van der Waals surface area contributed by atoms with E-state index < -0.39 is 0 Å². The number of halogens is 3. The van der Waals surface area contributed by atoms with E-state index in [1.807, 2.05) is 18.2 Å². The fraction of sp³-hybridized carbons (Fsp3) is 0.250. The summed E-state index contributed by atoms with van der Waals surface area (Å²) in [6.45, 7) is 2.06. The van der Waals surface area contributed by atoms with Crippen molar-refractivity contribution in [2.45, 2.75) is 24.3 Å². The summed E-state index contributed by atoms with van der Waals surface area (Å²) < 4.78 is 20.0. The molecule has 1 nitrogen and oxygen atoms in total. The zero-order chi connectivity index (χ0) is 14.3. The van der Waals surface area contributed by atoms with Gasteiger partial charge >= 0.3 is 0 Å². The summed E-state index contributed by atoms with van der Waals surface area (Å²) in [5.41, 5.74) is 3.22. The fourth-order valence-corrected chi connectivity index (χ4v) is 3.55. The highest BCUT2D eigenvalue weighted by atomic mass is 79.9. The van der Waals surface area contributed by atoms with E-state index in [0.29, 0.717) is 0 Å². The van der Waals surface area contributed by atoms with Crippen LogP contribution in [0.25, 0.3) is 0 Å². The lowest BCUT2D eigenvalue weighted by Gasteiger charge is -2.12. The minimum Gasteiger partial charge on any atom is -0.490 e. The molecule has 0 aromatic heterocycles. The molecule has 2 atom stereocenters. The Bertz CT molecular complexity index is 637. The zero-order valence-electron chi connectivity index (χ0n) is 10.9. The van der Waals surface area contributed by atoms with E-state index in [2.05, 4.69) is 44.8 Å². The maximum Gasteiger partial charge on any atom is 0.124 e. The first-order chi connectivity index (χ1) is 9.52. The van der Waals surface area contributed by atoms with Crippen LogP contribution in [0.5, 0.6) is 5.75 Å². The van der Waals surface area contributed by atoms with E-state index in [-0.39, 0.29) is 16.7 Å². The van der Waals surface area contributed by atoms with Crippen LogP contribution >= 0.6 is 31.9 Å². The molecule has 2 unspecified atom stereocenters. The molecule has 0 radical (unpaired) electrons. The maximum atomic E-state index is 13.5. The molecule has 1 aliphatic heterocycles. The smallest absolute Gasteiger partial charge is 0.124 e. The van der Waals surface area contributed by atoms with Crippen molar-refractivity contribution in [3.63, 3.8) is 0 Å². The third kappa shape index (κ3) is 2.77. The van der Waals surface area contributed by atoms with E-state index in [4.69, 9.17) is 4.74 Å². The van der Waals surface area contributed by atoms with Crippen molar-refractivity contribution in [3.8, 4) is 5.75 Å². The molecule has 20 heavy (non-hydrogen) atoms. The summed E-state index contributed by atoms with van der Waals surface area (Å²) in [5, 5.41) is 0. The van der Waals surface area contributed by atoms with Gasteiger partial charge in [0.15, 0.2) is 0 Å². The first-order valence-electron chi connectivity index (χ1n) is 6.42. The van der Waals surface area contributed by atoms with Gasteiger partial charge in [0.2, 0.25) is 0 Å². The van der Waals surface area contributed by atoms with Crippen molar-refractivity contribution in [1.82, 2.24) is 0 Å². The van der Waals surface area contributed by atoms with Crippen molar-refractivity contribution in [1.29, 1.82) is 0 Å². The van der Waals surface area contributed by atoms with Crippen LogP contribution in [0.2, 0.25) is 0 Å². The second-order valence-corrected chi connectivity index (χ2v) is 6.90. The Balaban J connectivity index is 1.95. The second-order valence-electron chi connectivity index (χ2n) is 5.07. The van der Waals surface area contributed by atoms with Gasteiger partial charge in [-0.15, -0.1) is 0 Å². The predicted molar refractivity (Wildman–Crippen MR) is 85.1 cm³/mol. The number of alkyl halides is 1. The first-order valence-corrected chi connectivity index (χ1v) is 8.13. The Hall–Kier alpha value is -0.870. The van der Waals surface area contributed by atoms with E-state index in [1.165, 1.54) is 11.6 Å². The van der Waals surface area contributed by atoms with E-state index in [0.717, 1.165) is 27.8 Å². The summed E-state index contributed by atoms with van der Waals surface area (Å²) in [7, 11) is 0. The van der Waals surface area contributed by atoms with Gasteiger partial charge in [0.05, 0.1) is 4.83 Å². The van der Waals surface area contributed by atoms with Crippen molar-refractivity contribution in [2.75, 3.05) is 0 Å². The molecule has 1 heterocycles.